The molecule has 0 N–H and O–H groups in total. The Kier molecular flexibility index (Phi) is 5.48. The van der Waals surface area contributed by atoms with E-state index < -0.39 is 0 Å². The fraction of sp³-hybridized carbons (Fsp3) is 0.318. The van der Waals surface area contributed by atoms with Crippen LogP contribution in [0.3, 0.4) is 0 Å². The summed E-state index contributed by atoms with van der Waals surface area (Å²) in [5.74, 6) is 1.68. The third kappa shape index (κ3) is 3.69. The Morgan fingerprint density at radius 3 is 2.50 bits per heavy atom. The second-order valence-corrected chi connectivity index (χ2v) is 8.04. The second-order valence-electron chi connectivity index (χ2n) is 7.10. The van der Waals surface area contributed by atoms with Crippen molar-refractivity contribution in [3.63, 3.8) is 0 Å². The van der Waals surface area contributed by atoms with E-state index in [9.17, 15) is 4.79 Å². The van der Waals surface area contributed by atoms with Crippen LogP contribution in [0.5, 0.6) is 0 Å². The first-order chi connectivity index (χ1) is 13.6. The summed E-state index contributed by atoms with van der Waals surface area (Å²) in [6.45, 7) is 5.78. The Morgan fingerprint density at radius 1 is 1.00 bits per heavy atom. The number of carbonyl (C=O) groups is 1. The SMILES string of the molecule is Cc1ccccc1-n1c(C)nnc1SCc1ccccc1C(=O)N1CCCC1. The number of thioether (sulfide) groups is 1. The number of aryl methyl sites for hydroxylation is 2. The molecular formula is C22H24N4OS. The fourth-order valence-electron chi connectivity index (χ4n) is 3.62. The van der Waals surface area contributed by atoms with Crippen LogP contribution in [0.1, 0.15) is 40.2 Å². The van der Waals surface area contributed by atoms with Crippen LogP contribution >= 0.6 is 11.8 Å². The first-order valence-corrected chi connectivity index (χ1v) is 10.6. The number of aromatic nitrogens is 3. The summed E-state index contributed by atoms with van der Waals surface area (Å²) >= 11 is 1.62. The maximum Gasteiger partial charge on any atom is 0.254 e. The van der Waals surface area contributed by atoms with Crippen LogP contribution in [0.2, 0.25) is 0 Å². The smallest absolute Gasteiger partial charge is 0.254 e. The molecule has 0 atom stereocenters. The maximum atomic E-state index is 12.9. The summed E-state index contributed by atoms with van der Waals surface area (Å²) in [5.41, 5.74) is 4.11. The van der Waals surface area contributed by atoms with E-state index in [0.29, 0.717) is 5.75 Å². The molecule has 6 heteroatoms. The minimum atomic E-state index is 0.144. The number of likely N-dealkylation sites (tertiary alicyclic amines) is 1. The molecule has 2 aromatic carbocycles. The number of benzene rings is 2. The van der Waals surface area contributed by atoms with Crippen molar-refractivity contribution in [2.24, 2.45) is 0 Å². The highest BCUT2D eigenvalue weighted by molar-refractivity contribution is 7.98. The van der Waals surface area contributed by atoms with E-state index >= 15 is 0 Å². The van der Waals surface area contributed by atoms with Crippen LogP contribution in [0.15, 0.2) is 53.7 Å². The first-order valence-electron chi connectivity index (χ1n) is 9.63. The topological polar surface area (TPSA) is 51.0 Å². The highest BCUT2D eigenvalue weighted by Crippen LogP contribution is 2.28. The largest absolute Gasteiger partial charge is 0.339 e. The molecule has 0 unspecified atom stereocenters. The zero-order chi connectivity index (χ0) is 19.5. The van der Waals surface area contributed by atoms with Crippen LogP contribution in [0, 0.1) is 13.8 Å². The van der Waals surface area contributed by atoms with Crippen molar-refractivity contribution < 1.29 is 4.79 Å². The second kappa shape index (κ2) is 8.19. The normalized spacial score (nSPS) is 13.9. The van der Waals surface area contributed by atoms with E-state index in [4.69, 9.17) is 0 Å². The molecule has 1 aliphatic rings. The molecule has 28 heavy (non-hydrogen) atoms. The quantitative estimate of drug-likeness (QED) is 0.604. The lowest BCUT2D eigenvalue weighted by atomic mass is 10.1. The van der Waals surface area contributed by atoms with Gasteiger partial charge >= 0.3 is 0 Å². The summed E-state index contributed by atoms with van der Waals surface area (Å²) in [5, 5.41) is 9.51. The van der Waals surface area contributed by atoms with Gasteiger partial charge in [0.05, 0.1) is 5.69 Å². The van der Waals surface area contributed by atoms with Gasteiger partial charge in [0.2, 0.25) is 0 Å². The standard InChI is InChI=1S/C22H24N4OS/c1-16-9-3-6-12-20(16)26-17(2)23-24-22(26)28-15-18-10-4-5-11-19(18)21(27)25-13-7-8-14-25/h3-6,9-12H,7-8,13-15H2,1-2H3. The van der Waals surface area contributed by atoms with Gasteiger partial charge in [0.15, 0.2) is 5.16 Å². The molecule has 0 bridgehead atoms. The molecule has 5 nitrogen and oxygen atoms in total. The molecule has 0 spiro atoms. The Labute approximate surface area is 169 Å². The van der Waals surface area contributed by atoms with E-state index in [1.165, 1.54) is 5.56 Å². The molecule has 1 amide bonds. The van der Waals surface area contributed by atoms with Crippen molar-refractivity contribution in [2.45, 2.75) is 37.6 Å². The Bertz CT molecular complexity index is 992. The van der Waals surface area contributed by atoms with Gasteiger partial charge in [-0.2, -0.15) is 0 Å². The van der Waals surface area contributed by atoms with Gasteiger partial charge in [0.25, 0.3) is 5.91 Å². The number of nitrogens with zero attached hydrogens (tertiary/aromatic N) is 4. The number of carbonyl (C=O) groups excluding carboxylic acids is 1. The highest BCUT2D eigenvalue weighted by Gasteiger charge is 2.22. The van der Waals surface area contributed by atoms with Gasteiger partial charge in [0, 0.05) is 24.4 Å². The lowest BCUT2D eigenvalue weighted by molar-refractivity contribution is 0.0792. The van der Waals surface area contributed by atoms with E-state index in [1.807, 2.05) is 48.2 Å². The lowest BCUT2D eigenvalue weighted by Crippen LogP contribution is -2.28. The Morgan fingerprint density at radius 2 is 1.71 bits per heavy atom. The van der Waals surface area contributed by atoms with E-state index in [-0.39, 0.29) is 5.91 Å². The van der Waals surface area contributed by atoms with Crippen LogP contribution < -0.4 is 0 Å². The number of hydrogen-bond donors (Lipinski definition) is 0. The fourth-order valence-corrected chi connectivity index (χ4v) is 4.61. The predicted octanol–water partition coefficient (Wildman–Crippen LogP) is 4.41. The van der Waals surface area contributed by atoms with Gasteiger partial charge < -0.3 is 4.90 Å². The van der Waals surface area contributed by atoms with Crippen molar-refractivity contribution in [1.82, 2.24) is 19.7 Å². The average molecular weight is 393 g/mol. The zero-order valence-corrected chi connectivity index (χ0v) is 17.1. The van der Waals surface area contributed by atoms with Gasteiger partial charge in [-0.3, -0.25) is 9.36 Å². The summed E-state index contributed by atoms with van der Waals surface area (Å²) in [4.78, 5) is 14.9. The molecule has 3 aromatic rings. The summed E-state index contributed by atoms with van der Waals surface area (Å²) in [7, 11) is 0. The number of amides is 1. The molecule has 0 aliphatic carbocycles. The Balaban J connectivity index is 1.58. The zero-order valence-electron chi connectivity index (χ0n) is 16.3. The molecule has 1 saturated heterocycles. The van der Waals surface area contributed by atoms with Gasteiger partial charge in [0.1, 0.15) is 5.82 Å². The van der Waals surface area contributed by atoms with Gasteiger partial charge in [-0.1, -0.05) is 48.2 Å². The van der Waals surface area contributed by atoms with E-state index in [2.05, 4.69) is 33.8 Å². The molecule has 1 aliphatic heterocycles. The summed E-state index contributed by atoms with van der Waals surface area (Å²) < 4.78 is 2.09. The van der Waals surface area contributed by atoms with Crippen molar-refractivity contribution in [1.29, 1.82) is 0 Å². The molecule has 0 radical (unpaired) electrons. The summed E-state index contributed by atoms with van der Waals surface area (Å²) in [6.07, 6.45) is 2.20. The first kappa shape index (κ1) is 18.7. The lowest BCUT2D eigenvalue weighted by Gasteiger charge is -2.17. The number of hydrogen-bond acceptors (Lipinski definition) is 4. The Hall–Kier alpha value is -2.60. The maximum absolute atomic E-state index is 12.9. The van der Waals surface area contributed by atoms with Gasteiger partial charge in [-0.15, -0.1) is 10.2 Å². The molecule has 4 rings (SSSR count). The van der Waals surface area contributed by atoms with Crippen LogP contribution in [0.25, 0.3) is 5.69 Å². The van der Waals surface area contributed by atoms with Crippen LogP contribution in [0.4, 0.5) is 0 Å². The third-order valence-corrected chi connectivity index (χ3v) is 6.13. The molecule has 1 fully saturated rings. The van der Waals surface area contributed by atoms with E-state index in [1.54, 1.807) is 11.8 Å². The number of para-hydroxylation sites is 1. The summed E-state index contributed by atoms with van der Waals surface area (Å²) in [6, 6.07) is 16.1. The minimum Gasteiger partial charge on any atom is -0.339 e. The highest BCUT2D eigenvalue weighted by atomic mass is 32.2. The van der Waals surface area contributed by atoms with Crippen molar-refractivity contribution in [2.75, 3.05) is 13.1 Å². The van der Waals surface area contributed by atoms with Crippen LogP contribution in [-0.2, 0) is 5.75 Å². The van der Waals surface area contributed by atoms with Crippen molar-refractivity contribution in [3.8, 4) is 5.69 Å². The molecule has 144 valence electrons. The monoisotopic (exact) mass is 392 g/mol. The average Bonchev–Trinajstić information content (AvgIpc) is 3.37. The van der Waals surface area contributed by atoms with Gasteiger partial charge in [-0.25, -0.2) is 0 Å². The molecule has 1 aromatic heterocycles. The van der Waals surface area contributed by atoms with E-state index in [0.717, 1.165) is 53.7 Å². The molecule has 2 heterocycles. The van der Waals surface area contributed by atoms with Crippen molar-refractivity contribution >= 4 is 17.7 Å². The minimum absolute atomic E-state index is 0.144. The number of rotatable bonds is 5. The van der Waals surface area contributed by atoms with Crippen LogP contribution in [-0.4, -0.2) is 38.7 Å². The van der Waals surface area contributed by atoms with Crippen molar-refractivity contribution in [3.05, 3.63) is 71.0 Å². The molecular weight excluding hydrogens is 368 g/mol. The van der Waals surface area contributed by atoms with Gasteiger partial charge in [-0.05, 0) is 49.9 Å². The molecule has 0 saturated carbocycles. The predicted molar refractivity (Wildman–Crippen MR) is 112 cm³/mol. The third-order valence-electron chi connectivity index (χ3n) is 5.15.